The molecule has 29 heavy (non-hydrogen) atoms. The summed E-state index contributed by atoms with van der Waals surface area (Å²) >= 11 is 1.02. The number of alkyl halides is 3. The van der Waals surface area contributed by atoms with Crippen molar-refractivity contribution in [2.75, 3.05) is 7.11 Å². The lowest BCUT2D eigenvalue weighted by atomic mass is 10.1. The lowest BCUT2D eigenvalue weighted by molar-refractivity contribution is -0.137. The van der Waals surface area contributed by atoms with Gasteiger partial charge in [0.1, 0.15) is 5.75 Å². The van der Waals surface area contributed by atoms with Crippen molar-refractivity contribution in [3.8, 4) is 22.8 Å². The van der Waals surface area contributed by atoms with Crippen molar-refractivity contribution in [1.82, 2.24) is 14.8 Å². The minimum absolute atomic E-state index is 0.217. The maximum absolute atomic E-state index is 13.2. The fourth-order valence-corrected chi connectivity index (χ4v) is 3.36. The van der Waals surface area contributed by atoms with Crippen LogP contribution in [0, 0.1) is 0 Å². The van der Waals surface area contributed by atoms with Crippen LogP contribution in [0.2, 0.25) is 0 Å². The summed E-state index contributed by atoms with van der Waals surface area (Å²) in [5.74, 6) is 0.376. The van der Waals surface area contributed by atoms with Gasteiger partial charge in [-0.1, -0.05) is 17.8 Å². The van der Waals surface area contributed by atoms with Gasteiger partial charge in [0.05, 0.1) is 23.6 Å². The van der Waals surface area contributed by atoms with E-state index in [1.165, 1.54) is 23.8 Å². The normalized spacial score (nSPS) is 12.6. The number of benzene rings is 2. The van der Waals surface area contributed by atoms with Gasteiger partial charge in [-0.2, -0.15) is 13.2 Å². The Balaban J connectivity index is 2.15. The Kier molecular flexibility index (Phi) is 5.83. The van der Waals surface area contributed by atoms with Crippen LogP contribution >= 0.6 is 11.8 Å². The number of ether oxygens (including phenoxy) is 1. The van der Waals surface area contributed by atoms with E-state index in [1.54, 1.807) is 31.2 Å². The molecule has 10 heteroatoms. The average molecular weight is 422 g/mol. The molecule has 1 amide bonds. The van der Waals surface area contributed by atoms with E-state index in [0.717, 1.165) is 23.9 Å². The number of thioether (sulfide) groups is 1. The lowest BCUT2D eigenvalue weighted by Gasteiger charge is -2.14. The zero-order chi connectivity index (χ0) is 21.2. The zero-order valence-corrected chi connectivity index (χ0v) is 16.3. The van der Waals surface area contributed by atoms with Crippen LogP contribution in [0.4, 0.5) is 13.2 Å². The standard InChI is InChI=1S/C19H17F3N4O2S/c1-11(16(23)27)29-18-25-24-17(12-6-8-15(28-2)9-7-12)26(18)14-5-3-4-13(10-14)19(20,21)22/h3-11H,1-2H3,(H2,23,27). The number of hydrogen-bond acceptors (Lipinski definition) is 5. The van der Waals surface area contributed by atoms with Gasteiger partial charge in [0.2, 0.25) is 5.91 Å². The van der Waals surface area contributed by atoms with E-state index in [0.29, 0.717) is 17.1 Å². The molecule has 3 aromatic rings. The molecule has 0 radical (unpaired) electrons. The summed E-state index contributed by atoms with van der Waals surface area (Å²) < 4.78 is 46.2. The number of hydrogen-bond donors (Lipinski definition) is 1. The van der Waals surface area contributed by atoms with E-state index in [4.69, 9.17) is 10.5 Å². The van der Waals surface area contributed by atoms with Crippen molar-refractivity contribution >= 4 is 17.7 Å². The lowest BCUT2D eigenvalue weighted by Crippen LogP contribution is -2.23. The van der Waals surface area contributed by atoms with Crippen LogP contribution in [0.3, 0.4) is 0 Å². The summed E-state index contributed by atoms with van der Waals surface area (Å²) in [6.07, 6.45) is -4.50. The summed E-state index contributed by atoms with van der Waals surface area (Å²) in [6, 6.07) is 11.7. The van der Waals surface area contributed by atoms with E-state index < -0.39 is 22.9 Å². The average Bonchev–Trinajstić information content (AvgIpc) is 3.11. The molecular formula is C19H17F3N4O2S. The minimum atomic E-state index is -4.50. The van der Waals surface area contributed by atoms with E-state index in [2.05, 4.69) is 10.2 Å². The van der Waals surface area contributed by atoms with Gasteiger partial charge >= 0.3 is 6.18 Å². The second kappa shape index (κ2) is 8.16. The van der Waals surface area contributed by atoms with Crippen molar-refractivity contribution < 1.29 is 22.7 Å². The smallest absolute Gasteiger partial charge is 0.416 e. The van der Waals surface area contributed by atoms with E-state index in [1.807, 2.05) is 0 Å². The van der Waals surface area contributed by atoms with Crippen molar-refractivity contribution in [2.24, 2.45) is 5.73 Å². The molecular weight excluding hydrogens is 405 g/mol. The molecule has 1 unspecified atom stereocenters. The summed E-state index contributed by atoms with van der Waals surface area (Å²) in [5, 5.41) is 7.83. The third-order valence-electron chi connectivity index (χ3n) is 4.10. The number of halogens is 3. The van der Waals surface area contributed by atoms with Crippen LogP contribution in [-0.2, 0) is 11.0 Å². The molecule has 0 saturated heterocycles. The van der Waals surface area contributed by atoms with Crippen LogP contribution in [-0.4, -0.2) is 33.0 Å². The monoisotopic (exact) mass is 422 g/mol. The molecule has 0 bridgehead atoms. The zero-order valence-electron chi connectivity index (χ0n) is 15.5. The highest BCUT2D eigenvalue weighted by molar-refractivity contribution is 8.00. The second-order valence-corrected chi connectivity index (χ2v) is 7.39. The summed E-state index contributed by atoms with van der Waals surface area (Å²) in [7, 11) is 1.53. The molecule has 1 aromatic heterocycles. The minimum Gasteiger partial charge on any atom is -0.497 e. The van der Waals surface area contributed by atoms with Crippen LogP contribution in [0.5, 0.6) is 5.75 Å². The SMILES string of the molecule is COc1ccc(-c2nnc(SC(C)C(N)=O)n2-c2cccc(C(F)(F)F)c2)cc1. The Labute approximate surface area is 168 Å². The number of carbonyl (C=O) groups excluding carboxylic acids is 1. The maximum atomic E-state index is 13.2. The predicted molar refractivity (Wildman–Crippen MR) is 103 cm³/mol. The van der Waals surface area contributed by atoms with Crippen LogP contribution in [0.15, 0.2) is 53.7 Å². The molecule has 0 aliphatic carbocycles. The summed E-state index contributed by atoms with van der Waals surface area (Å²) in [5.41, 5.74) is 5.36. The highest BCUT2D eigenvalue weighted by Crippen LogP contribution is 2.34. The quantitative estimate of drug-likeness (QED) is 0.609. The molecule has 152 valence electrons. The molecule has 2 aromatic carbocycles. The Hall–Kier alpha value is -3.01. The second-order valence-electron chi connectivity index (χ2n) is 6.08. The fourth-order valence-electron chi connectivity index (χ4n) is 2.54. The van der Waals surface area contributed by atoms with Gasteiger partial charge in [0.15, 0.2) is 11.0 Å². The largest absolute Gasteiger partial charge is 0.497 e. The number of rotatable bonds is 6. The Morgan fingerprint density at radius 3 is 2.45 bits per heavy atom. The first-order chi connectivity index (χ1) is 13.7. The molecule has 0 fully saturated rings. The highest BCUT2D eigenvalue weighted by Gasteiger charge is 2.31. The number of methoxy groups -OCH3 is 1. The summed E-state index contributed by atoms with van der Waals surface area (Å²) in [6.45, 7) is 1.59. The predicted octanol–water partition coefficient (Wildman–Crippen LogP) is 3.93. The molecule has 0 aliphatic heterocycles. The van der Waals surface area contributed by atoms with Gasteiger partial charge in [0.25, 0.3) is 0 Å². The number of aromatic nitrogens is 3. The van der Waals surface area contributed by atoms with Crippen molar-refractivity contribution in [3.63, 3.8) is 0 Å². The fraction of sp³-hybridized carbons (Fsp3) is 0.211. The maximum Gasteiger partial charge on any atom is 0.416 e. The van der Waals surface area contributed by atoms with E-state index in [9.17, 15) is 18.0 Å². The summed E-state index contributed by atoms with van der Waals surface area (Å²) in [4.78, 5) is 11.5. The number of nitrogens with two attached hydrogens (primary N) is 1. The third kappa shape index (κ3) is 4.53. The first-order valence-electron chi connectivity index (χ1n) is 8.44. The molecule has 1 atom stereocenters. The molecule has 6 nitrogen and oxygen atoms in total. The van der Waals surface area contributed by atoms with E-state index in [-0.39, 0.29) is 10.8 Å². The number of amides is 1. The molecule has 1 heterocycles. The van der Waals surface area contributed by atoms with Gasteiger partial charge in [0, 0.05) is 5.56 Å². The van der Waals surface area contributed by atoms with Crippen molar-refractivity contribution in [3.05, 3.63) is 54.1 Å². The van der Waals surface area contributed by atoms with Gasteiger partial charge in [-0.3, -0.25) is 9.36 Å². The van der Waals surface area contributed by atoms with Crippen molar-refractivity contribution in [1.29, 1.82) is 0 Å². The van der Waals surface area contributed by atoms with Gasteiger partial charge in [-0.15, -0.1) is 10.2 Å². The molecule has 0 saturated carbocycles. The molecule has 0 aliphatic rings. The number of nitrogens with zero attached hydrogens (tertiary/aromatic N) is 3. The number of carbonyl (C=O) groups is 1. The topological polar surface area (TPSA) is 83.0 Å². The first kappa shape index (κ1) is 20.7. The van der Waals surface area contributed by atoms with Crippen LogP contribution in [0.1, 0.15) is 12.5 Å². The van der Waals surface area contributed by atoms with Crippen LogP contribution in [0.25, 0.3) is 17.1 Å². The number of primary amides is 1. The third-order valence-corrected chi connectivity index (χ3v) is 5.16. The molecule has 3 rings (SSSR count). The van der Waals surface area contributed by atoms with Crippen LogP contribution < -0.4 is 10.5 Å². The molecule has 2 N–H and O–H groups in total. The Morgan fingerprint density at radius 2 is 1.86 bits per heavy atom. The first-order valence-corrected chi connectivity index (χ1v) is 9.32. The van der Waals surface area contributed by atoms with Gasteiger partial charge < -0.3 is 10.5 Å². The van der Waals surface area contributed by atoms with Gasteiger partial charge in [-0.25, -0.2) is 0 Å². The highest BCUT2D eigenvalue weighted by atomic mass is 32.2. The van der Waals surface area contributed by atoms with E-state index >= 15 is 0 Å². The van der Waals surface area contributed by atoms with Gasteiger partial charge in [-0.05, 0) is 49.4 Å². The Morgan fingerprint density at radius 1 is 1.17 bits per heavy atom. The Bertz CT molecular complexity index is 1020. The van der Waals surface area contributed by atoms with Crippen molar-refractivity contribution in [2.45, 2.75) is 23.5 Å². The molecule has 0 spiro atoms.